The van der Waals surface area contributed by atoms with Gasteiger partial charge in [0, 0.05) is 104 Å². The van der Waals surface area contributed by atoms with Gasteiger partial charge in [-0.05, 0) is 162 Å². The van der Waals surface area contributed by atoms with Crippen LogP contribution in [0.4, 0.5) is 0 Å². The number of phenols is 3. The number of nitrogens with two attached hydrogens (primary N) is 1. The van der Waals surface area contributed by atoms with Crippen molar-refractivity contribution in [3.8, 4) is 28.7 Å². The molecule has 0 saturated carbocycles. The maximum atomic E-state index is 10.9. The Bertz CT molecular complexity index is 1770. The summed E-state index contributed by atoms with van der Waals surface area (Å²) in [5.74, 6) is -0.787. The van der Waals surface area contributed by atoms with Crippen LogP contribution in [0.15, 0.2) is 72.8 Å². The van der Waals surface area contributed by atoms with E-state index in [1.54, 1.807) is 63.3 Å². The molecule has 0 amide bonds. The van der Waals surface area contributed by atoms with E-state index < -0.39 is 36.0 Å². The van der Waals surface area contributed by atoms with Crippen LogP contribution in [0.3, 0.4) is 0 Å². The number of carbonyl (C=O) groups is 3. The zero-order valence-corrected chi connectivity index (χ0v) is 44.4. The fourth-order valence-corrected chi connectivity index (χ4v) is 9.65. The average molecular weight is 1640 g/mol. The lowest BCUT2D eigenvalue weighted by Crippen LogP contribution is -2.32. The van der Waals surface area contributed by atoms with E-state index in [0.717, 1.165) is 23.8 Å². The second kappa shape index (κ2) is 25.0. The van der Waals surface area contributed by atoms with Crippen LogP contribution in [0.5, 0.6) is 28.7 Å². The molecule has 8 N–H and O–H groups in total. The molecule has 0 aliphatic carbocycles. The summed E-state index contributed by atoms with van der Waals surface area (Å²) >= 11 is 16.2. The highest BCUT2D eigenvalue weighted by Crippen LogP contribution is 2.37. The monoisotopic (exact) mass is 1640 g/mol. The lowest BCUT2D eigenvalue weighted by Gasteiger charge is -2.15. The Labute approximate surface area is 421 Å². The van der Waals surface area contributed by atoms with Crippen LogP contribution in [-0.2, 0) is 33.6 Å². The summed E-state index contributed by atoms with van der Waals surface area (Å²) in [5, 5.41) is 54.8. The predicted molar refractivity (Wildman–Crippen MR) is 271 cm³/mol. The highest BCUT2D eigenvalue weighted by atomic mass is 127. The van der Waals surface area contributed by atoms with Crippen molar-refractivity contribution >= 4 is 200 Å². The first kappa shape index (κ1) is 50.4. The molecule has 4 rings (SSSR count). The van der Waals surface area contributed by atoms with Gasteiger partial charge in [0.2, 0.25) is 0 Å². The van der Waals surface area contributed by atoms with Crippen LogP contribution < -0.4 is 10.5 Å². The Balaban J connectivity index is 0.000000294. The van der Waals surface area contributed by atoms with E-state index in [0.29, 0.717) is 31.5 Å². The van der Waals surface area contributed by atoms with E-state index in [-0.39, 0.29) is 23.7 Å². The summed E-state index contributed by atoms with van der Waals surface area (Å²) in [7, 11) is 0. The number of ether oxygens (including phenoxy) is 1. The highest BCUT2D eigenvalue weighted by Gasteiger charge is 2.23. The second-order valence-electron chi connectivity index (χ2n) is 10.8. The van der Waals surface area contributed by atoms with Gasteiger partial charge in [-0.15, -0.1) is 0 Å². The van der Waals surface area contributed by atoms with Gasteiger partial charge in [0.25, 0.3) is 0 Å². The number of hydrogen-bond donors (Lipinski definition) is 7. The van der Waals surface area contributed by atoms with Gasteiger partial charge >= 0.3 is 17.9 Å². The fourth-order valence-electron chi connectivity index (χ4n) is 4.08. The topological polar surface area (TPSA) is 214 Å². The third-order valence-corrected chi connectivity index (χ3v) is 12.8. The van der Waals surface area contributed by atoms with E-state index in [1.807, 2.05) is 104 Å². The third kappa shape index (κ3) is 17.6. The summed E-state index contributed by atoms with van der Waals surface area (Å²) in [5.41, 5.74) is 8.22. The maximum Gasteiger partial charge on any atom is 0.322 e. The molecule has 54 heavy (non-hydrogen) atoms. The van der Waals surface area contributed by atoms with Gasteiger partial charge in [0.1, 0.15) is 41.1 Å². The maximum absolute atomic E-state index is 10.9. The Morgan fingerprint density at radius 3 is 1.26 bits per heavy atom. The van der Waals surface area contributed by atoms with Crippen LogP contribution in [0.25, 0.3) is 0 Å². The molecule has 0 aliphatic rings. The molecular weight excluding hydrogens is 1610 g/mol. The van der Waals surface area contributed by atoms with Gasteiger partial charge in [-0.2, -0.15) is 2.65 Å². The van der Waals surface area contributed by atoms with Crippen molar-refractivity contribution < 1.29 is 49.8 Å². The summed E-state index contributed by atoms with van der Waals surface area (Å²) in [4.78, 5) is 32.7. The number of nitrogens with zero attached hydrogens (tertiary/aromatic N) is 2. The van der Waals surface area contributed by atoms with Crippen LogP contribution in [0.2, 0.25) is 0 Å². The zero-order chi connectivity index (χ0) is 40.9. The molecule has 0 saturated heterocycles. The summed E-state index contributed by atoms with van der Waals surface area (Å²) in [6, 6.07) is 18.3. The molecule has 0 bridgehead atoms. The molecule has 0 aliphatic heterocycles. The van der Waals surface area contributed by atoms with Crippen LogP contribution in [0.1, 0.15) is 16.7 Å². The molecule has 292 valence electrons. The highest BCUT2D eigenvalue weighted by molar-refractivity contribution is 14.2. The molecule has 0 aromatic heterocycles. The average Bonchev–Trinajstić information content (AvgIpc) is 3.08. The number of benzene rings is 4. The molecule has 0 radical (unpaired) electrons. The number of aromatic hydroxyl groups is 3. The predicted octanol–water partition coefficient (Wildman–Crippen LogP) is 9.34. The van der Waals surface area contributed by atoms with Gasteiger partial charge in [-0.1, -0.05) is 24.3 Å². The molecule has 3 atom stereocenters. The number of aliphatic carboxylic acids is 3. The van der Waals surface area contributed by atoms with Crippen molar-refractivity contribution in [3.63, 3.8) is 0 Å². The molecular formula is C33H29I8N3O10. The first-order valence-electron chi connectivity index (χ1n) is 14.7. The summed E-state index contributed by atoms with van der Waals surface area (Å²) < 4.78 is 12.3. The first-order valence-corrected chi connectivity index (χ1v) is 22.9. The largest absolute Gasteiger partial charge is 0.508 e. The lowest BCUT2D eigenvalue weighted by molar-refractivity contribution is -0.140. The van der Waals surface area contributed by atoms with Crippen LogP contribution >= 0.6 is 182 Å². The number of rotatable bonds is 13. The van der Waals surface area contributed by atoms with Crippen molar-refractivity contribution in [2.45, 2.75) is 37.4 Å². The second-order valence-corrected chi connectivity index (χ2v) is 23.3. The minimum Gasteiger partial charge on any atom is -0.508 e. The van der Waals surface area contributed by atoms with Gasteiger partial charge in [0.05, 0.1) is 14.3 Å². The van der Waals surface area contributed by atoms with E-state index in [1.165, 1.54) is 0 Å². The van der Waals surface area contributed by atoms with Crippen molar-refractivity contribution in [1.29, 1.82) is 0 Å². The molecule has 0 heterocycles. The quantitative estimate of drug-likeness (QED) is 0.0492. The summed E-state index contributed by atoms with van der Waals surface area (Å²) in [6.45, 7) is 0. The number of hydrogen-bond acceptors (Lipinski definition) is 10. The fraction of sp³-hybridized carbons (Fsp3) is 0.182. The Morgan fingerprint density at radius 2 is 0.944 bits per heavy atom. The molecule has 2 unspecified atom stereocenters. The Morgan fingerprint density at radius 1 is 0.574 bits per heavy atom. The molecule has 13 nitrogen and oxygen atoms in total. The minimum absolute atomic E-state index is 0.187. The molecule has 0 spiro atoms. The molecule has 21 heteroatoms. The lowest BCUT2D eigenvalue weighted by atomic mass is 10.1. The van der Waals surface area contributed by atoms with E-state index in [4.69, 9.17) is 36.0 Å². The third-order valence-electron chi connectivity index (χ3n) is 6.81. The summed E-state index contributed by atoms with van der Waals surface area (Å²) in [6.07, 6.45) is 1.10. The van der Waals surface area contributed by atoms with E-state index >= 15 is 0 Å². The van der Waals surface area contributed by atoms with Crippen molar-refractivity contribution in [2.75, 3.05) is 0 Å². The number of halogens is 8. The van der Waals surface area contributed by atoms with Gasteiger partial charge < -0.3 is 41.1 Å². The minimum atomic E-state index is -1.02. The van der Waals surface area contributed by atoms with Crippen molar-refractivity contribution in [1.82, 2.24) is 2.65 Å². The SMILES string of the molecule is N[C@@H](Cc1cc(I)c(Oc2cc(I)c(O)c(I)c2)c(I)c1)C(=O)O.O=C(O)C(Cc1ccc(O)cc1)N(I)I.O=C(O)C(Cc1ccc(O)cc1)N(I)I. The number of carboxylic acids is 3. The smallest absolute Gasteiger partial charge is 0.322 e. The standard InChI is InChI=1S/C15H11I4NO4.2C9H9I2NO3/c16-8-4-7(5-9(17)13(8)21)24-14-10(18)1-6(2-11(14)19)3-12(20)15(22)23;2*10-12(11)8(9(14)15)5-6-1-3-7(13)4-2-6/h1-2,4-5,12,21H,3,20H2,(H,22,23);2*1-4,8,13H,5H2,(H,14,15)/t12-;;/m0../s1. The van der Waals surface area contributed by atoms with E-state index in [2.05, 4.69) is 90.4 Å². The number of phenolic OH excluding ortho intramolecular Hbond substituents is 3. The van der Waals surface area contributed by atoms with Crippen molar-refractivity contribution in [2.24, 2.45) is 5.73 Å². The Hall–Kier alpha value is 0.210. The number of carboxylic acid groups (broad SMARTS) is 3. The van der Waals surface area contributed by atoms with Crippen LogP contribution in [-0.4, -0.2) is 69.3 Å². The Kier molecular flexibility index (Phi) is 23.3. The van der Waals surface area contributed by atoms with E-state index in [9.17, 15) is 19.5 Å². The molecule has 4 aromatic rings. The molecule has 0 fully saturated rings. The van der Waals surface area contributed by atoms with Gasteiger partial charge in [-0.3, -0.25) is 14.4 Å². The zero-order valence-electron chi connectivity index (χ0n) is 27.1. The van der Waals surface area contributed by atoms with Gasteiger partial charge in [-0.25, -0.2) is 0 Å². The first-order chi connectivity index (χ1) is 25.2. The van der Waals surface area contributed by atoms with Crippen molar-refractivity contribution in [3.05, 3.63) is 104 Å². The van der Waals surface area contributed by atoms with Crippen LogP contribution in [0, 0.1) is 14.3 Å². The van der Waals surface area contributed by atoms with Gasteiger partial charge in [0.15, 0.2) is 5.75 Å². The molecule has 4 aromatic carbocycles. The normalized spacial score (nSPS) is 12.4.